The minimum Gasteiger partial charge on any atom is -0.475 e. The number of H-pyrrole nitrogens is 1. The van der Waals surface area contributed by atoms with Gasteiger partial charge in [0.25, 0.3) is 5.56 Å². The molecule has 0 amide bonds. The van der Waals surface area contributed by atoms with Gasteiger partial charge in [-0.2, -0.15) is 0 Å². The first-order valence-corrected chi connectivity index (χ1v) is 8.23. The highest BCUT2D eigenvalue weighted by molar-refractivity contribution is 7.18. The van der Waals surface area contributed by atoms with Crippen LogP contribution in [0.5, 0.6) is 0 Å². The van der Waals surface area contributed by atoms with Gasteiger partial charge in [0.05, 0.1) is 5.39 Å². The van der Waals surface area contributed by atoms with E-state index < -0.39 is 5.97 Å². The van der Waals surface area contributed by atoms with E-state index in [9.17, 15) is 9.59 Å². The molecule has 0 aliphatic heterocycles. The van der Waals surface area contributed by atoms with E-state index in [2.05, 4.69) is 23.8 Å². The van der Waals surface area contributed by atoms with Crippen LogP contribution in [-0.4, -0.2) is 27.6 Å². The van der Waals surface area contributed by atoms with Gasteiger partial charge in [0.1, 0.15) is 4.83 Å². The van der Waals surface area contributed by atoms with Crippen LogP contribution < -0.4 is 11.3 Å². The Morgan fingerprint density at radius 1 is 1.45 bits per heavy atom. The van der Waals surface area contributed by atoms with Crippen molar-refractivity contribution in [3.05, 3.63) is 26.6 Å². The number of aryl methyl sites for hydroxylation is 2. The monoisotopic (exact) mass is 323 g/mol. The van der Waals surface area contributed by atoms with Crippen LogP contribution in [0.2, 0.25) is 0 Å². The van der Waals surface area contributed by atoms with E-state index in [1.807, 2.05) is 0 Å². The summed E-state index contributed by atoms with van der Waals surface area (Å²) in [5.74, 6) is -0.708. The van der Waals surface area contributed by atoms with Crippen LogP contribution >= 0.6 is 11.3 Å². The molecule has 4 N–H and O–H groups in total. The molecule has 0 bridgehead atoms. The van der Waals surface area contributed by atoms with E-state index in [1.165, 1.54) is 16.2 Å². The number of hydrogen-bond donors (Lipinski definition) is 3. The maximum absolute atomic E-state index is 11.8. The molecule has 2 aromatic rings. The van der Waals surface area contributed by atoms with Gasteiger partial charge in [-0.3, -0.25) is 4.79 Å². The number of hydrogen-bond acceptors (Lipinski definition) is 5. The Hall–Kier alpha value is -1.73. The summed E-state index contributed by atoms with van der Waals surface area (Å²) in [5.41, 5.74) is 5.96. The molecule has 0 saturated heterocycles. The molecule has 120 valence electrons. The summed E-state index contributed by atoms with van der Waals surface area (Å²) in [4.78, 5) is 30.5. The first-order valence-electron chi connectivity index (χ1n) is 7.42. The highest BCUT2D eigenvalue weighted by Crippen LogP contribution is 2.34. The van der Waals surface area contributed by atoms with E-state index in [-0.39, 0.29) is 11.4 Å². The van der Waals surface area contributed by atoms with Crippen molar-refractivity contribution < 1.29 is 9.90 Å². The van der Waals surface area contributed by atoms with E-state index in [4.69, 9.17) is 10.8 Å². The maximum Gasteiger partial charge on any atom is 0.372 e. The van der Waals surface area contributed by atoms with Crippen molar-refractivity contribution in [2.45, 2.75) is 39.5 Å². The normalized spacial score (nSPS) is 13.1. The van der Waals surface area contributed by atoms with Crippen molar-refractivity contribution in [3.8, 4) is 0 Å². The van der Waals surface area contributed by atoms with Gasteiger partial charge in [-0.25, -0.2) is 9.78 Å². The standard InChI is InChI=1S/C10H8N2O3S.C5H13N/c13-8-6-4-2-1-3-5(4)16-9(6)12-7(11-8)10(14)15;1-5(2)3-4-6/h1-3H2,(H,14,15)(H,11,12,13);5H,3-4,6H2,1-2H3. The lowest BCUT2D eigenvalue weighted by Crippen LogP contribution is -2.15. The molecule has 0 spiro atoms. The number of nitrogens with two attached hydrogens (primary N) is 1. The fourth-order valence-electron chi connectivity index (χ4n) is 2.44. The summed E-state index contributed by atoms with van der Waals surface area (Å²) < 4.78 is 0. The number of rotatable bonds is 3. The molecule has 0 fully saturated rings. The summed E-state index contributed by atoms with van der Waals surface area (Å²) in [6.45, 7) is 5.18. The first kappa shape index (κ1) is 16.6. The van der Waals surface area contributed by atoms with E-state index >= 15 is 0 Å². The van der Waals surface area contributed by atoms with Crippen LogP contribution in [0.15, 0.2) is 4.79 Å². The second kappa shape index (κ2) is 7.02. The summed E-state index contributed by atoms with van der Waals surface area (Å²) in [7, 11) is 0. The zero-order chi connectivity index (χ0) is 16.3. The van der Waals surface area contributed by atoms with Crippen molar-refractivity contribution in [1.82, 2.24) is 9.97 Å². The Kier molecular flexibility index (Phi) is 5.31. The fourth-order valence-corrected chi connectivity index (χ4v) is 3.70. The lowest BCUT2D eigenvalue weighted by molar-refractivity contribution is 0.0683. The van der Waals surface area contributed by atoms with Gasteiger partial charge in [0.2, 0.25) is 5.82 Å². The number of nitrogens with one attached hydrogen (secondary N) is 1. The van der Waals surface area contributed by atoms with Crippen LogP contribution in [0.25, 0.3) is 10.2 Å². The molecule has 0 atom stereocenters. The molecule has 0 saturated carbocycles. The zero-order valence-electron chi connectivity index (χ0n) is 12.8. The molecule has 0 radical (unpaired) electrons. The second-order valence-electron chi connectivity index (χ2n) is 5.73. The van der Waals surface area contributed by atoms with Crippen LogP contribution in [0.1, 0.15) is 47.7 Å². The van der Waals surface area contributed by atoms with Gasteiger partial charge in [-0.15, -0.1) is 11.3 Å². The summed E-state index contributed by atoms with van der Waals surface area (Å²) >= 11 is 1.44. The minimum absolute atomic E-state index is 0.280. The number of fused-ring (bicyclic) bond motifs is 3. The van der Waals surface area contributed by atoms with E-state index in [1.54, 1.807) is 0 Å². The third-order valence-electron chi connectivity index (χ3n) is 3.52. The molecule has 1 aliphatic rings. The predicted molar refractivity (Wildman–Crippen MR) is 87.7 cm³/mol. The Morgan fingerprint density at radius 3 is 2.73 bits per heavy atom. The largest absolute Gasteiger partial charge is 0.475 e. The third-order valence-corrected chi connectivity index (χ3v) is 4.71. The van der Waals surface area contributed by atoms with E-state index in [0.29, 0.717) is 10.2 Å². The number of aromatic nitrogens is 2. The van der Waals surface area contributed by atoms with E-state index in [0.717, 1.165) is 43.7 Å². The number of carbonyl (C=O) groups is 1. The molecule has 7 heteroatoms. The number of aromatic carboxylic acids is 1. The number of aromatic amines is 1. The second-order valence-corrected chi connectivity index (χ2v) is 6.81. The third kappa shape index (κ3) is 3.53. The average molecular weight is 323 g/mol. The lowest BCUT2D eigenvalue weighted by atomic mass is 10.1. The fraction of sp³-hybridized carbons (Fsp3) is 0.533. The van der Waals surface area contributed by atoms with Gasteiger partial charge in [0, 0.05) is 4.88 Å². The van der Waals surface area contributed by atoms with Gasteiger partial charge < -0.3 is 15.8 Å². The summed E-state index contributed by atoms with van der Waals surface area (Å²) in [5, 5.41) is 9.37. The molecule has 3 rings (SSSR count). The van der Waals surface area contributed by atoms with Crippen LogP contribution in [0.4, 0.5) is 0 Å². The molecule has 0 aromatic carbocycles. The van der Waals surface area contributed by atoms with Crippen molar-refractivity contribution in [2.75, 3.05) is 6.54 Å². The summed E-state index contributed by atoms with van der Waals surface area (Å²) in [6, 6.07) is 0. The minimum atomic E-state index is -1.20. The maximum atomic E-state index is 11.8. The topological polar surface area (TPSA) is 109 Å². The Balaban J connectivity index is 0.000000254. The van der Waals surface area contributed by atoms with Gasteiger partial charge >= 0.3 is 5.97 Å². The zero-order valence-corrected chi connectivity index (χ0v) is 13.6. The molecule has 22 heavy (non-hydrogen) atoms. The smallest absolute Gasteiger partial charge is 0.372 e. The molecule has 1 aliphatic carbocycles. The van der Waals surface area contributed by atoms with Crippen molar-refractivity contribution in [2.24, 2.45) is 11.7 Å². The van der Waals surface area contributed by atoms with Crippen LogP contribution in [-0.2, 0) is 12.8 Å². The summed E-state index contributed by atoms with van der Waals surface area (Å²) in [6.07, 6.45) is 4.09. The predicted octanol–water partition coefficient (Wildman–Crippen LogP) is 2.16. The van der Waals surface area contributed by atoms with Crippen molar-refractivity contribution >= 4 is 27.5 Å². The van der Waals surface area contributed by atoms with Gasteiger partial charge in [-0.05, 0) is 43.7 Å². The number of carboxylic acids is 1. The molecule has 6 nitrogen and oxygen atoms in total. The van der Waals surface area contributed by atoms with Crippen molar-refractivity contribution in [1.29, 1.82) is 0 Å². The average Bonchev–Trinajstić information content (AvgIpc) is 2.98. The highest BCUT2D eigenvalue weighted by atomic mass is 32.1. The van der Waals surface area contributed by atoms with Crippen LogP contribution in [0, 0.1) is 5.92 Å². The Labute approximate surface area is 132 Å². The molecule has 0 unspecified atom stereocenters. The number of thiophene rings is 1. The number of carboxylic acid groups (broad SMARTS) is 1. The first-order chi connectivity index (χ1) is 10.4. The van der Waals surface area contributed by atoms with Gasteiger partial charge in [-0.1, -0.05) is 13.8 Å². The highest BCUT2D eigenvalue weighted by Gasteiger charge is 2.21. The molecular formula is C15H21N3O3S. The quantitative estimate of drug-likeness (QED) is 0.802. The van der Waals surface area contributed by atoms with Crippen molar-refractivity contribution in [3.63, 3.8) is 0 Å². The molecule has 2 heterocycles. The molecular weight excluding hydrogens is 302 g/mol. The molecule has 2 aromatic heterocycles. The Bertz CT molecular complexity index is 733. The Morgan fingerprint density at radius 2 is 2.18 bits per heavy atom. The number of nitrogens with zero attached hydrogens (tertiary/aromatic N) is 1. The lowest BCUT2D eigenvalue weighted by Gasteiger charge is -1.96. The van der Waals surface area contributed by atoms with Gasteiger partial charge in [0.15, 0.2) is 0 Å². The van der Waals surface area contributed by atoms with Crippen LogP contribution in [0.3, 0.4) is 0 Å². The SMILES string of the molecule is CC(C)CCN.O=C(O)c1nc2sc3c(c2c(=O)[nH]1)CCC3.